The van der Waals surface area contributed by atoms with Gasteiger partial charge in [-0.2, -0.15) is 0 Å². The summed E-state index contributed by atoms with van der Waals surface area (Å²) in [7, 11) is 5.92. The minimum Gasteiger partial charge on any atom is -0.545 e. The Morgan fingerprint density at radius 2 is 0.505 bits per heavy atom. The molecule has 2 atom stereocenters. The van der Waals surface area contributed by atoms with Crippen LogP contribution >= 0.6 is 0 Å². The lowest BCUT2D eigenvalue weighted by Gasteiger charge is -2.26. The fourth-order valence-corrected chi connectivity index (χ4v) is 11.5. The molecule has 0 saturated carbocycles. The third-order valence-electron chi connectivity index (χ3n) is 18.0. The number of allylic oxidation sites excluding steroid dienone is 34. The highest BCUT2D eigenvalue weighted by molar-refractivity contribution is 5.70. The van der Waals surface area contributed by atoms with Crippen molar-refractivity contribution in [1.82, 2.24) is 0 Å². The zero-order valence-electron chi connectivity index (χ0n) is 69.2. The summed E-state index contributed by atoms with van der Waals surface area (Å²) in [6.07, 6.45) is 130. The van der Waals surface area contributed by atoms with E-state index in [4.69, 9.17) is 18.9 Å². The minimum atomic E-state index is -1.64. The van der Waals surface area contributed by atoms with Gasteiger partial charge in [0.1, 0.15) is 13.2 Å². The number of unbranched alkanes of at least 4 members (excludes halogenated alkanes) is 29. The van der Waals surface area contributed by atoms with Crippen LogP contribution in [-0.4, -0.2) is 82.3 Å². The van der Waals surface area contributed by atoms with E-state index in [0.717, 1.165) is 154 Å². The molecule has 0 bridgehead atoms. The zero-order valence-corrected chi connectivity index (χ0v) is 69.2. The maximum atomic E-state index is 13.0. The van der Waals surface area contributed by atoms with Gasteiger partial charge in [-0.3, -0.25) is 9.59 Å². The summed E-state index contributed by atoms with van der Waals surface area (Å²) in [5.74, 6) is -2.32. The molecule has 0 aromatic rings. The number of quaternary nitrogens is 1. The highest BCUT2D eigenvalue weighted by atomic mass is 16.7. The summed E-state index contributed by atoms with van der Waals surface area (Å²) in [6, 6.07) is 0. The van der Waals surface area contributed by atoms with Gasteiger partial charge in [0, 0.05) is 12.8 Å². The second-order valence-electron chi connectivity index (χ2n) is 29.4. The second kappa shape index (κ2) is 85.5. The first-order valence-electron chi connectivity index (χ1n) is 43.2. The number of carboxylic acid groups (broad SMARTS) is 1. The number of hydrogen-bond donors (Lipinski definition) is 0. The van der Waals surface area contributed by atoms with E-state index in [1.165, 1.54) is 148 Å². The lowest BCUT2D eigenvalue weighted by atomic mass is 10.0. The van der Waals surface area contributed by atoms with Crippen LogP contribution in [0.15, 0.2) is 207 Å². The molecule has 0 aliphatic carbocycles. The standard InChI is InChI=1S/C98H159NO8/c1-6-8-10-12-14-16-18-20-22-24-26-28-30-32-34-36-38-40-42-44-46-48-50-52-54-56-58-60-62-64-66-68-70-72-74-76-78-80-82-84-86-88-95(100)105-92-94(93-106-98(97(102)103)104-91-90-99(3,4)5)107-96(101)89-87-85-83-81-79-77-75-73-71-69-67-65-63-61-59-57-55-53-51-49-47-45-43-41-39-37-35-33-31-29-27-25-23-21-19-17-15-13-11-9-7-2/h8-11,14-17,20-23,26-29,32-35,39,41,45,47,51,53,57,59,63,65,69,71,75,77,94,98H,6-7,12-13,18-19,24-25,30-31,36-38,40,42-44,46,48-50,52,54-56,58,60-62,64,66-68,70,72-74,76,78-93H2,1-5H3/b10-8-,11-9-,16-14-,17-15-,22-20-,23-21-,28-26-,29-27-,34-32-,35-33-,41-39-,47-45-,53-51-,59-57-,65-63-,71-69-,77-75-. The highest BCUT2D eigenvalue weighted by Crippen LogP contribution is 2.18. The third kappa shape index (κ3) is 87.0. The molecule has 0 spiro atoms. The summed E-state index contributed by atoms with van der Waals surface area (Å²) in [6.45, 7) is 4.50. The number of nitrogens with zero attached hydrogens (tertiary/aromatic N) is 1. The van der Waals surface area contributed by atoms with E-state index in [2.05, 4.69) is 220 Å². The first kappa shape index (κ1) is 101. The molecule has 0 fully saturated rings. The number of carbonyl (C=O) groups excluding carboxylic acids is 3. The topological polar surface area (TPSA) is 111 Å². The molecular weight excluding hydrogens is 1320 g/mol. The number of aliphatic carboxylic acids is 1. The average molecular weight is 1480 g/mol. The minimum absolute atomic E-state index is 0.134. The Morgan fingerprint density at radius 1 is 0.280 bits per heavy atom. The highest BCUT2D eigenvalue weighted by Gasteiger charge is 2.22. The Balaban J connectivity index is 4.08. The van der Waals surface area contributed by atoms with Gasteiger partial charge in [0.05, 0.1) is 40.3 Å². The number of rotatable bonds is 78. The monoisotopic (exact) mass is 1480 g/mol. The van der Waals surface area contributed by atoms with Gasteiger partial charge in [0.15, 0.2) is 12.4 Å². The van der Waals surface area contributed by atoms with Crippen LogP contribution in [0.4, 0.5) is 0 Å². The van der Waals surface area contributed by atoms with E-state index in [-0.39, 0.29) is 38.6 Å². The first-order valence-corrected chi connectivity index (χ1v) is 43.2. The van der Waals surface area contributed by atoms with E-state index in [9.17, 15) is 19.5 Å². The quantitative estimate of drug-likeness (QED) is 0.0195. The summed E-state index contributed by atoms with van der Waals surface area (Å²) in [5.41, 5.74) is 0. The zero-order chi connectivity index (χ0) is 77.4. The van der Waals surface area contributed by atoms with Gasteiger partial charge in [-0.25, -0.2) is 0 Å². The van der Waals surface area contributed by atoms with Crippen molar-refractivity contribution >= 4 is 17.9 Å². The van der Waals surface area contributed by atoms with Crippen molar-refractivity contribution in [1.29, 1.82) is 0 Å². The normalized spacial score (nSPS) is 13.7. The molecule has 0 aromatic carbocycles. The molecule has 107 heavy (non-hydrogen) atoms. The van der Waals surface area contributed by atoms with Crippen molar-refractivity contribution in [3.8, 4) is 0 Å². The van der Waals surface area contributed by atoms with Crippen LogP contribution in [0.25, 0.3) is 0 Å². The number of esters is 2. The molecule has 0 N–H and O–H groups in total. The van der Waals surface area contributed by atoms with Crippen LogP contribution in [0.2, 0.25) is 0 Å². The molecule has 604 valence electrons. The van der Waals surface area contributed by atoms with Crippen LogP contribution in [-0.2, 0) is 33.3 Å². The number of carboxylic acids is 1. The summed E-state index contributed by atoms with van der Waals surface area (Å²) in [5, 5.41) is 11.9. The van der Waals surface area contributed by atoms with Crippen molar-refractivity contribution in [3.63, 3.8) is 0 Å². The smallest absolute Gasteiger partial charge is 0.306 e. The average Bonchev–Trinajstić information content (AvgIpc) is 0.965. The molecule has 2 unspecified atom stereocenters. The van der Waals surface area contributed by atoms with Crippen molar-refractivity contribution in [2.45, 2.75) is 347 Å². The van der Waals surface area contributed by atoms with E-state index < -0.39 is 24.3 Å². The largest absolute Gasteiger partial charge is 0.545 e. The first-order chi connectivity index (χ1) is 52.6. The molecule has 0 heterocycles. The Kier molecular flexibility index (Phi) is 80.6. The number of likely N-dealkylation sites (N-methyl/N-ethyl adjacent to an activating group) is 1. The van der Waals surface area contributed by atoms with Crippen LogP contribution in [0, 0.1) is 0 Å². The number of carbonyl (C=O) groups is 3. The van der Waals surface area contributed by atoms with Crippen molar-refractivity contribution in [3.05, 3.63) is 207 Å². The molecular formula is C98H159NO8. The van der Waals surface area contributed by atoms with Crippen molar-refractivity contribution in [2.75, 3.05) is 47.5 Å². The Morgan fingerprint density at radius 3 is 0.748 bits per heavy atom. The van der Waals surface area contributed by atoms with Gasteiger partial charge < -0.3 is 33.3 Å². The van der Waals surface area contributed by atoms with Gasteiger partial charge >= 0.3 is 11.9 Å². The van der Waals surface area contributed by atoms with Crippen LogP contribution < -0.4 is 5.11 Å². The molecule has 0 aliphatic heterocycles. The molecule has 0 radical (unpaired) electrons. The maximum Gasteiger partial charge on any atom is 0.306 e. The molecule has 9 nitrogen and oxygen atoms in total. The third-order valence-corrected chi connectivity index (χ3v) is 18.0. The predicted molar refractivity (Wildman–Crippen MR) is 462 cm³/mol. The SMILES string of the molecule is CC/C=C\C/C=C\C/C=C\C/C=C\C/C=C\C/C=C\C/C=C\C/C=C\C/C=C\C/C=C\C/C=C\C/C=C\CCCCCCC(=O)OC(COC(=O)CCCCCCCCCCCCCCCCCCCCCCCCCCC/C=C\C/C=C\C/C=C\C/C=C\C/C=C\CC)COC(OCC[N+](C)(C)C)C(=O)[O-]. The summed E-state index contributed by atoms with van der Waals surface area (Å²) in [4.78, 5) is 37.7. The lowest BCUT2D eigenvalue weighted by Crippen LogP contribution is -2.44. The van der Waals surface area contributed by atoms with E-state index >= 15 is 0 Å². The molecule has 9 heteroatoms. The van der Waals surface area contributed by atoms with E-state index in [1.54, 1.807) is 0 Å². The Labute approximate surface area is 658 Å². The summed E-state index contributed by atoms with van der Waals surface area (Å²) < 4.78 is 22.8. The second-order valence-corrected chi connectivity index (χ2v) is 29.4. The summed E-state index contributed by atoms with van der Waals surface area (Å²) >= 11 is 0. The van der Waals surface area contributed by atoms with E-state index in [0.29, 0.717) is 17.4 Å². The van der Waals surface area contributed by atoms with Crippen molar-refractivity contribution < 1.29 is 42.9 Å². The molecule has 0 saturated heterocycles. The van der Waals surface area contributed by atoms with Gasteiger partial charge in [-0.05, 0) is 148 Å². The van der Waals surface area contributed by atoms with Gasteiger partial charge in [0.25, 0.3) is 0 Å². The fourth-order valence-electron chi connectivity index (χ4n) is 11.5. The molecule has 0 amide bonds. The lowest BCUT2D eigenvalue weighted by molar-refractivity contribution is -0.870. The number of ether oxygens (including phenoxy) is 4. The Hall–Kier alpha value is -6.13. The fraction of sp³-hybridized carbons (Fsp3) is 0.622. The van der Waals surface area contributed by atoms with Crippen LogP contribution in [0.1, 0.15) is 335 Å². The van der Waals surface area contributed by atoms with Crippen LogP contribution in [0.3, 0.4) is 0 Å². The Bertz CT molecular complexity index is 2530. The van der Waals surface area contributed by atoms with Crippen molar-refractivity contribution in [2.24, 2.45) is 0 Å². The molecule has 0 aliphatic rings. The predicted octanol–water partition coefficient (Wildman–Crippen LogP) is 27.3. The molecule has 0 aromatic heterocycles. The van der Waals surface area contributed by atoms with Gasteiger partial charge in [-0.15, -0.1) is 0 Å². The van der Waals surface area contributed by atoms with Crippen LogP contribution in [0.5, 0.6) is 0 Å². The van der Waals surface area contributed by atoms with E-state index in [1.807, 2.05) is 21.1 Å². The van der Waals surface area contributed by atoms with Gasteiger partial charge in [-0.1, -0.05) is 381 Å². The number of hydrogen-bond acceptors (Lipinski definition) is 8. The van der Waals surface area contributed by atoms with Gasteiger partial charge in [0.2, 0.25) is 0 Å². The molecule has 0 rings (SSSR count). The maximum absolute atomic E-state index is 13.0.